The molecule has 2 aromatic rings. The van der Waals surface area contributed by atoms with Crippen molar-refractivity contribution < 1.29 is 13.9 Å². The zero-order valence-corrected chi connectivity index (χ0v) is 11.3. The Morgan fingerprint density at radius 1 is 1.00 bits per heavy atom. The molecule has 0 spiro atoms. The molecule has 0 aliphatic heterocycles. The first-order valence-corrected chi connectivity index (χ1v) is 6.82. The predicted molar refractivity (Wildman–Crippen MR) is 73.6 cm³/mol. The molecule has 1 unspecified atom stereocenters. The summed E-state index contributed by atoms with van der Waals surface area (Å²) in [7, 11) is 0. The Hall–Kier alpha value is -1.74. The Kier molecular flexibility index (Phi) is 3.30. The zero-order chi connectivity index (χ0) is 14.3. The van der Waals surface area contributed by atoms with Gasteiger partial charge in [-0.25, -0.2) is 8.78 Å². The van der Waals surface area contributed by atoms with Crippen molar-refractivity contribution >= 4 is 0 Å². The van der Waals surface area contributed by atoms with Crippen molar-refractivity contribution in [3.8, 4) is 0 Å². The van der Waals surface area contributed by atoms with Crippen LogP contribution >= 0.6 is 0 Å². The van der Waals surface area contributed by atoms with E-state index < -0.39 is 17.7 Å². The summed E-state index contributed by atoms with van der Waals surface area (Å²) in [5, 5.41) is 10.3. The van der Waals surface area contributed by atoms with Crippen LogP contribution in [0.5, 0.6) is 0 Å². The SMILES string of the molecule is Cc1ccc(C(O)c2ccc3c(c2)CCC3)c(F)c1F. The average molecular weight is 274 g/mol. The first-order valence-electron chi connectivity index (χ1n) is 6.82. The maximum atomic E-state index is 13.9. The van der Waals surface area contributed by atoms with E-state index in [-0.39, 0.29) is 11.1 Å². The van der Waals surface area contributed by atoms with Crippen molar-refractivity contribution in [3.05, 3.63) is 69.8 Å². The van der Waals surface area contributed by atoms with E-state index in [1.54, 1.807) is 6.07 Å². The minimum Gasteiger partial charge on any atom is -0.384 e. The van der Waals surface area contributed by atoms with Crippen LogP contribution in [0.15, 0.2) is 30.3 Å². The molecule has 1 aliphatic carbocycles. The van der Waals surface area contributed by atoms with Crippen LogP contribution in [-0.2, 0) is 12.8 Å². The van der Waals surface area contributed by atoms with Crippen molar-refractivity contribution in [2.24, 2.45) is 0 Å². The van der Waals surface area contributed by atoms with Gasteiger partial charge in [-0.15, -0.1) is 0 Å². The van der Waals surface area contributed by atoms with Gasteiger partial charge in [-0.3, -0.25) is 0 Å². The highest BCUT2D eigenvalue weighted by atomic mass is 19.2. The zero-order valence-electron chi connectivity index (χ0n) is 11.3. The van der Waals surface area contributed by atoms with Crippen molar-refractivity contribution in [1.29, 1.82) is 0 Å². The van der Waals surface area contributed by atoms with Crippen LogP contribution in [0.1, 0.15) is 40.3 Å². The number of aryl methyl sites for hydroxylation is 3. The summed E-state index contributed by atoms with van der Waals surface area (Å²) >= 11 is 0. The monoisotopic (exact) mass is 274 g/mol. The van der Waals surface area contributed by atoms with Crippen molar-refractivity contribution in [2.75, 3.05) is 0 Å². The van der Waals surface area contributed by atoms with Crippen LogP contribution in [0.4, 0.5) is 8.78 Å². The molecular weight excluding hydrogens is 258 g/mol. The van der Waals surface area contributed by atoms with E-state index in [9.17, 15) is 13.9 Å². The molecule has 1 N–H and O–H groups in total. The Balaban J connectivity index is 2.00. The van der Waals surface area contributed by atoms with Gasteiger partial charge in [-0.2, -0.15) is 0 Å². The largest absolute Gasteiger partial charge is 0.384 e. The topological polar surface area (TPSA) is 20.2 Å². The second-order valence-corrected chi connectivity index (χ2v) is 5.38. The van der Waals surface area contributed by atoms with Gasteiger partial charge in [0.15, 0.2) is 11.6 Å². The second-order valence-electron chi connectivity index (χ2n) is 5.38. The van der Waals surface area contributed by atoms with Gasteiger partial charge < -0.3 is 5.11 Å². The molecule has 0 saturated heterocycles. The van der Waals surface area contributed by atoms with E-state index in [2.05, 4.69) is 0 Å². The molecule has 1 aliphatic rings. The smallest absolute Gasteiger partial charge is 0.165 e. The van der Waals surface area contributed by atoms with Crippen molar-refractivity contribution in [2.45, 2.75) is 32.3 Å². The molecule has 0 radical (unpaired) electrons. The lowest BCUT2D eigenvalue weighted by atomic mass is 9.96. The third kappa shape index (κ3) is 2.12. The van der Waals surface area contributed by atoms with E-state index in [0.717, 1.165) is 19.3 Å². The summed E-state index contributed by atoms with van der Waals surface area (Å²) in [5.41, 5.74) is 3.34. The van der Waals surface area contributed by atoms with Crippen molar-refractivity contribution in [1.82, 2.24) is 0 Å². The van der Waals surface area contributed by atoms with Crippen LogP contribution in [0.25, 0.3) is 0 Å². The molecule has 0 amide bonds. The van der Waals surface area contributed by atoms with Gasteiger partial charge in [0.25, 0.3) is 0 Å². The molecule has 0 fully saturated rings. The number of hydrogen-bond acceptors (Lipinski definition) is 1. The minimum absolute atomic E-state index is 0.00829. The van der Waals surface area contributed by atoms with Gasteiger partial charge in [-0.05, 0) is 48.4 Å². The summed E-state index contributed by atoms with van der Waals surface area (Å²) in [6.45, 7) is 1.50. The fourth-order valence-electron chi connectivity index (χ4n) is 2.81. The van der Waals surface area contributed by atoms with Gasteiger partial charge >= 0.3 is 0 Å². The summed E-state index contributed by atoms with van der Waals surface area (Å²) in [6.07, 6.45) is 2.03. The summed E-state index contributed by atoms with van der Waals surface area (Å²) in [6, 6.07) is 8.62. The summed E-state index contributed by atoms with van der Waals surface area (Å²) in [5.74, 6) is -1.85. The highest BCUT2D eigenvalue weighted by Crippen LogP contribution is 2.30. The van der Waals surface area contributed by atoms with Gasteiger partial charge in [0.05, 0.1) is 0 Å². The van der Waals surface area contributed by atoms with Crippen LogP contribution in [0.2, 0.25) is 0 Å². The molecule has 1 nitrogen and oxygen atoms in total. The number of aliphatic hydroxyl groups excluding tert-OH is 1. The van der Waals surface area contributed by atoms with E-state index in [1.165, 1.54) is 30.2 Å². The highest BCUT2D eigenvalue weighted by molar-refractivity contribution is 5.40. The number of rotatable bonds is 2. The molecule has 0 aromatic heterocycles. The van der Waals surface area contributed by atoms with Crippen LogP contribution in [-0.4, -0.2) is 5.11 Å². The minimum atomic E-state index is -1.13. The Morgan fingerprint density at radius 3 is 2.55 bits per heavy atom. The van der Waals surface area contributed by atoms with Crippen LogP contribution in [0.3, 0.4) is 0 Å². The molecule has 0 heterocycles. The van der Waals surface area contributed by atoms with Crippen LogP contribution in [0, 0.1) is 18.6 Å². The second kappa shape index (κ2) is 4.98. The maximum absolute atomic E-state index is 13.9. The third-order valence-electron chi connectivity index (χ3n) is 4.04. The molecule has 3 heteroatoms. The van der Waals surface area contributed by atoms with E-state index in [0.29, 0.717) is 5.56 Å². The fraction of sp³-hybridized carbons (Fsp3) is 0.294. The van der Waals surface area contributed by atoms with Gasteiger partial charge in [0.1, 0.15) is 6.10 Å². The number of halogens is 2. The molecule has 2 aromatic carbocycles. The van der Waals surface area contributed by atoms with E-state index in [1.807, 2.05) is 12.1 Å². The number of aliphatic hydroxyl groups is 1. The highest BCUT2D eigenvalue weighted by Gasteiger charge is 2.20. The number of fused-ring (bicyclic) bond motifs is 1. The lowest BCUT2D eigenvalue weighted by Crippen LogP contribution is -2.06. The maximum Gasteiger partial charge on any atom is 0.165 e. The van der Waals surface area contributed by atoms with E-state index >= 15 is 0 Å². The van der Waals surface area contributed by atoms with Crippen LogP contribution < -0.4 is 0 Å². The first-order chi connectivity index (χ1) is 9.58. The lowest BCUT2D eigenvalue weighted by molar-refractivity contribution is 0.213. The average Bonchev–Trinajstić information content (AvgIpc) is 2.91. The van der Waals surface area contributed by atoms with Crippen molar-refractivity contribution in [3.63, 3.8) is 0 Å². The molecule has 0 bridgehead atoms. The van der Waals surface area contributed by atoms with Gasteiger partial charge in [0, 0.05) is 5.56 Å². The quantitative estimate of drug-likeness (QED) is 0.882. The summed E-state index contributed by atoms with van der Waals surface area (Å²) < 4.78 is 27.5. The Bertz CT molecular complexity index is 664. The molecule has 20 heavy (non-hydrogen) atoms. The third-order valence-corrected chi connectivity index (χ3v) is 4.04. The Morgan fingerprint density at radius 2 is 1.75 bits per heavy atom. The number of benzene rings is 2. The lowest BCUT2D eigenvalue weighted by Gasteiger charge is -2.15. The number of hydrogen-bond donors (Lipinski definition) is 1. The normalized spacial score (nSPS) is 15.2. The molecule has 0 saturated carbocycles. The van der Waals surface area contributed by atoms with E-state index in [4.69, 9.17) is 0 Å². The molecule has 3 rings (SSSR count). The fourth-order valence-corrected chi connectivity index (χ4v) is 2.81. The Labute approximate surface area is 116 Å². The molecule has 104 valence electrons. The summed E-state index contributed by atoms with van der Waals surface area (Å²) in [4.78, 5) is 0. The standard InChI is InChI=1S/C17H16F2O/c1-10-5-8-14(16(19)15(10)18)17(20)13-7-6-11-3-2-4-12(11)9-13/h5-9,17,20H,2-4H2,1H3. The predicted octanol–water partition coefficient (Wildman–Crippen LogP) is 3.84. The molecular formula is C17H16F2O. The van der Waals surface area contributed by atoms with Gasteiger partial charge in [-0.1, -0.05) is 30.3 Å². The van der Waals surface area contributed by atoms with Gasteiger partial charge in [0.2, 0.25) is 0 Å². The molecule has 1 atom stereocenters. The first kappa shape index (κ1) is 13.3.